The van der Waals surface area contributed by atoms with Crippen LogP contribution in [0.15, 0.2) is 24.3 Å². The van der Waals surface area contributed by atoms with E-state index in [9.17, 15) is 14.3 Å². The van der Waals surface area contributed by atoms with E-state index in [-0.39, 0.29) is 12.4 Å². The standard InChI is InChI=1S/C10H12FNO2/c11-9-3-1-7(2-4-9)5-8(6-12)10(13)14/h1-4,8H,5-6,12H2,(H,13,14)/t8-/m1/s1. The van der Waals surface area contributed by atoms with E-state index >= 15 is 0 Å². The lowest BCUT2D eigenvalue weighted by Crippen LogP contribution is -2.57. The lowest BCUT2D eigenvalue weighted by molar-refractivity contribution is -0.387. The Balaban J connectivity index is 2.67. The molecule has 4 heteroatoms. The monoisotopic (exact) mass is 197 g/mol. The summed E-state index contributed by atoms with van der Waals surface area (Å²) in [5, 5.41) is 10.6. The Morgan fingerprint density at radius 2 is 2.00 bits per heavy atom. The zero-order valence-electron chi connectivity index (χ0n) is 7.70. The predicted molar refractivity (Wildman–Crippen MR) is 46.4 cm³/mol. The molecule has 1 aromatic rings. The van der Waals surface area contributed by atoms with E-state index in [2.05, 4.69) is 5.73 Å². The van der Waals surface area contributed by atoms with Gasteiger partial charge in [0.15, 0.2) is 0 Å². The van der Waals surface area contributed by atoms with E-state index in [0.29, 0.717) is 6.42 Å². The molecule has 3 N–H and O–H groups in total. The number of aliphatic carboxylic acids is 1. The van der Waals surface area contributed by atoms with Crippen LogP contribution in [-0.2, 0) is 11.2 Å². The molecule has 0 saturated heterocycles. The molecule has 3 nitrogen and oxygen atoms in total. The van der Waals surface area contributed by atoms with Crippen molar-refractivity contribution < 1.29 is 20.0 Å². The van der Waals surface area contributed by atoms with Crippen LogP contribution >= 0.6 is 0 Å². The highest BCUT2D eigenvalue weighted by Gasteiger charge is 2.10. The Morgan fingerprint density at radius 1 is 1.43 bits per heavy atom. The third-order valence-corrected chi connectivity index (χ3v) is 2.08. The van der Waals surface area contributed by atoms with Crippen molar-refractivity contribution in [1.82, 2.24) is 0 Å². The topological polar surface area (TPSA) is 67.8 Å². The van der Waals surface area contributed by atoms with Crippen molar-refractivity contribution >= 4 is 5.97 Å². The fourth-order valence-electron chi connectivity index (χ4n) is 1.21. The number of carbonyl (C=O) groups is 1. The summed E-state index contributed by atoms with van der Waals surface area (Å²) in [6.07, 6.45) is 0.339. The maximum absolute atomic E-state index is 12.5. The van der Waals surface area contributed by atoms with E-state index in [1.54, 1.807) is 12.1 Å². The molecule has 76 valence electrons. The van der Waals surface area contributed by atoms with Gasteiger partial charge in [-0.3, -0.25) is 0 Å². The summed E-state index contributed by atoms with van der Waals surface area (Å²) in [6.45, 7) is 0.277. The molecule has 0 spiro atoms. The van der Waals surface area contributed by atoms with Gasteiger partial charge >= 0.3 is 0 Å². The van der Waals surface area contributed by atoms with Gasteiger partial charge in [-0.2, -0.15) is 0 Å². The van der Waals surface area contributed by atoms with Gasteiger partial charge in [0.25, 0.3) is 0 Å². The molecule has 0 unspecified atom stereocenters. The summed E-state index contributed by atoms with van der Waals surface area (Å²) < 4.78 is 12.5. The van der Waals surface area contributed by atoms with Crippen LogP contribution in [0.1, 0.15) is 5.56 Å². The summed E-state index contributed by atoms with van der Waals surface area (Å²) in [5.41, 5.74) is 4.31. The molecule has 0 bridgehead atoms. The molecule has 0 aliphatic heterocycles. The Morgan fingerprint density at radius 3 is 2.43 bits per heavy atom. The van der Waals surface area contributed by atoms with E-state index in [0.717, 1.165) is 5.56 Å². The molecular weight excluding hydrogens is 185 g/mol. The van der Waals surface area contributed by atoms with Crippen molar-refractivity contribution in [2.45, 2.75) is 6.42 Å². The normalized spacial score (nSPS) is 12.4. The van der Waals surface area contributed by atoms with Crippen LogP contribution in [0.2, 0.25) is 0 Å². The average Bonchev–Trinajstić information content (AvgIpc) is 2.16. The van der Waals surface area contributed by atoms with Crippen molar-refractivity contribution in [1.29, 1.82) is 0 Å². The summed E-state index contributed by atoms with van der Waals surface area (Å²) >= 11 is 0. The number of hydrogen-bond donors (Lipinski definition) is 1. The van der Waals surface area contributed by atoms with E-state index < -0.39 is 11.9 Å². The number of hydrogen-bond acceptors (Lipinski definition) is 2. The van der Waals surface area contributed by atoms with Gasteiger partial charge < -0.3 is 15.6 Å². The molecular formula is C10H12FNO2. The minimum absolute atomic E-state index is 0.277. The van der Waals surface area contributed by atoms with Crippen LogP contribution in [-0.4, -0.2) is 12.5 Å². The molecule has 0 aliphatic rings. The van der Waals surface area contributed by atoms with E-state index in [1.807, 2.05) is 0 Å². The van der Waals surface area contributed by atoms with Crippen LogP contribution in [0.4, 0.5) is 4.39 Å². The second kappa shape index (κ2) is 4.72. The zero-order valence-corrected chi connectivity index (χ0v) is 7.70. The van der Waals surface area contributed by atoms with Gasteiger partial charge in [0.05, 0.1) is 18.4 Å². The van der Waals surface area contributed by atoms with Crippen molar-refractivity contribution in [2.75, 3.05) is 6.54 Å². The minimum atomic E-state index is -1.11. The number of carboxylic acids is 1. The van der Waals surface area contributed by atoms with Gasteiger partial charge in [0.1, 0.15) is 5.82 Å². The van der Waals surface area contributed by atoms with Gasteiger partial charge in [0, 0.05) is 0 Å². The largest absolute Gasteiger partial charge is 0.550 e. The molecule has 1 rings (SSSR count). The molecule has 0 amide bonds. The molecule has 0 fully saturated rings. The molecule has 0 radical (unpaired) electrons. The maximum atomic E-state index is 12.5. The van der Waals surface area contributed by atoms with Crippen molar-refractivity contribution in [2.24, 2.45) is 5.92 Å². The van der Waals surface area contributed by atoms with Gasteiger partial charge in [-0.1, -0.05) is 12.1 Å². The van der Waals surface area contributed by atoms with Crippen LogP contribution in [0.25, 0.3) is 0 Å². The van der Waals surface area contributed by atoms with Crippen LogP contribution in [0.3, 0.4) is 0 Å². The van der Waals surface area contributed by atoms with Crippen LogP contribution in [0.5, 0.6) is 0 Å². The number of carboxylic acid groups (broad SMARTS) is 1. The molecule has 0 heterocycles. The number of rotatable bonds is 4. The maximum Gasteiger partial charge on any atom is 0.123 e. The Hall–Kier alpha value is -1.42. The molecule has 0 saturated carbocycles. The van der Waals surface area contributed by atoms with Crippen LogP contribution < -0.4 is 10.8 Å². The van der Waals surface area contributed by atoms with E-state index in [1.165, 1.54) is 12.1 Å². The SMILES string of the molecule is [NH3+]C[C@@H](Cc1ccc(F)cc1)C(=O)[O-]. The molecule has 0 aromatic heterocycles. The molecule has 14 heavy (non-hydrogen) atoms. The fraction of sp³-hybridized carbons (Fsp3) is 0.300. The van der Waals surface area contributed by atoms with Gasteiger partial charge in [-0.15, -0.1) is 0 Å². The van der Waals surface area contributed by atoms with Crippen molar-refractivity contribution in [3.63, 3.8) is 0 Å². The zero-order chi connectivity index (χ0) is 10.6. The summed E-state index contributed by atoms with van der Waals surface area (Å²) in [6, 6.07) is 5.76. The molecule has 0 aliphatic carbocycles. The average molecular weight is 197 g/mol. The third-order valence-electron chi connectivity index (χ3n) is 2.08. The smallest absolute Gasteiger partial charge is 0.123 e. The summed E-state index contributed by atoms with van der Waals surface area (Å²) in [7, 11) is 0. The summed E-state index contributed by atoms with van der Waals surface area (Å²) in [4.78, 5) is 10.6. The van der Waals surface area contributed by atoms with Crippen molar-refractivity contribution in [3.8, 4) is 0 Å². The molecule has 1 aromatic carbocycles. The number of halogens is 1. The van der Waals surface area contributed by atoms with Crippen LogP contribution in [0, 0.1) is 11.7 Å². The molecule has 1 atom stereocenters. The highest BCUT2D eigenvalue weighted by atomic mass is 19.1. The minimum Gasteiger partial charge on any atom is -0.550 e. The highest BCUT2D eigenvalue weighted by Crippen LogP contribution is 2.08. The first-order valence-electron chi connectivity index (χ1n) is 4.38. The number of quaternary nitrogens is 1. The van der Waals surface area contributed by atoms with Gasteiger partial charge in [-0.05, 0) is 24.1 Å². The highest BCUT2D eigenvalue weighted by molar-refractivity contribution is 5.68. The van der Waals surface area contributed by atoms with E-state index in [4.69, 9.17) is 0 Å². The quantitative estimate of drug-likeness (QED) is 0.671. The number of carbonyl (C=O) groups excluding carboxylic acids is 1. The van der Waals surface area contributed by atoms with Gasteiger partial charge in [-0.25, -0.2) is 4.39 Å². The Kier molecular flexibility index (Phi) is 3.59. The predicted octanol–water partition coefficient (Wildman–Crippen LogP) is -1.02. The fourth-order valence-corrected chi connectivity index (χ4v) is 1.21. The first kappa shape index (κ1) is 10.7. The van der Waals surface area contributed by atoms with Crippen molar-refractivity contribution in [3.05, 3.63) is 35.6 Å². The third kappa shape index (κ3) is 2.81. The summed E-state index contributed by atoms with van der Waals surface area (Å²) in [5.74, 6) is -2.03. The lowest BCUT2D eigenvalue weighted by Gasteiger charge is -2.13. The number of benzene rings is 1. The Labute approximate surface area is 81.4 Å². The first-order valence-corrected chi connectivity index (χ1v) is 4.38. The second-order valence-corrected chi connectivity index (χ2v) is 3.14. The van der Waals surface area contributed by atoms with Gasteiger partial charge in [0.2, 0.25) is 0 Å². The lowest BCUT2D eigenvalue weighted by atomic mass is 10.00. The Bertz CT molecular complexity index is 310. The first-order chi connectivity index (χ1) is 6.63. The second-order valence-electron chi connectivity index (χ2n) is 3.14.